The van der Waals surface area contributed by atoms with Gasteiger partial charge in [-0.05, 0) is 26.0 Å². The lowest BCUT2D eigenvalue weighted by Crippen LogP contribution is -2.34. The molecular weight excluding hydrogens is 306 g/mol. The average molecular weight is 321 g/mol. The Morgan fingerprint density at radius 3 is 2.75 bits per heavy atom. The largest absolute Gasteiger partial charge is 0.477 e. The highest BCUT2D eigenvalue weighted by Gasteiger charge is 2.33. The van der Waals surface area contributed by atoms with E-state index >= 15 is 0 Å². The van der Waals surface area contributed by atoms with Crippen molar-refractivity contribution in [2.24, 2.45) is 0 Å². The van der Waals surface area contributed by atoms with E-state index in [-0.39, 0.29) is 21.7 Å². The molecule has 1 fully saturated rings. The molecular formula is C11H15NO6S2. The summed E-state index contributed by atoms with van der Waals surface area (Å²) in [6.07, 6.45) is -0.362. The molecule has 20 heavy (non-hydrogen) atoms. The van der Waals surface area contributed by atoms with Crippen molar-refractivity contribution in [2.45, 2.75) is 29.9 Å². The number of sulfonamides is 1. The van der Waals surface area contributed by atoms with E-state index in [1.165, 1.54) is 12.1 Å². The molecule has 1 aromatic rings. The van der Waals surface area contributed by atoms with Gasteiger partial charge in [-0.1, -0.05) is 0 Å². The van der Waals surface area contributed by atoms with Gasteiger partial charge in [0.05, 0.1) is 12.7 Å². The van der Waals surface area contributed by atoms with Gasteiger partial charge in [0.1, 0.15) is 9.09 Å². The third kappa shape index (κ3) is 3.55. The minimum atomic E-state index is -3.73. The van der Waals surface area contributed by atoms with E-state index in [1.807, 2.05) is 0 Å². The minimum Gasteiger partial charge on any atom is -0.477 e. The van der Waals surface area contributed by atoms with Crippen molar-refractivity contribution in [1.29, 1.82) is 0 Å². The lowest BCUT2D eigenvalue weighted by molar-refractivity contribution is -0.137. The summed E-state index contributed by atoms with van der Waals surface area (Å²) in [5.41, 5.74) is 0. The lowest BCUT2D eigenvalue weighted by atomic mass is 10.4. The summed E-state index contributed by atoms with van der Waals surface area (Å²) in [4.78, 5) is 10.7. The van der Waals surface area contributed by atoms with Crippen LogP contribution in [-0.4, -0.2) is 44.5 Å². The van der Waals surface area contributed by atoms with Gasteiger partial charge in [0.15, 0.2) is 5.79 Å². The zero-order chi connectivity index (χ0) is 15.0. The van der Waals surface area contributed by atoms with E-state index in [1.54, 1.807) is 13.8 Å². The van der Waals surface area contributed by atoms with Gasteiger partial charge in [-0.2, -0.15) is 0 Å². The first-order valence-corrected chi connectivity index (χ1v) is 8.14. The Morgan fingerprint density at radius 1 is 1.55 bits per heavy atom. The first-order chi connectivity index (χ1) is 9.20. The quantitative estimate of drug-likeness (QED) is 0.834. The molecule has 1 saturated heterocycles. The Bertz CT molecular complexity index is 606. The highest BCUT2D eigenvalue weighted by atomic mass is 32.2. The van der Waals surface area contributed by atoms with Gasteiger partial charge >= 0.3 is 5.97 Å². The van der Waals surface area contributed by atoms with Crippen molar-refractivity contribution in [2.75, 3.05) is 13.2 Å². The van der Waals surface area contributed by atoms with Gasteiger partial charge in [0.25, 0.3) is 0 Å². The second-order valence-electron chi connectivity index (χ2n) is 4.73. The van der Waals surface area contributed by atoms with Crippen molar-refractivity contribution >= 4 is 27.3 Å². The van der Waals surface area contributed by atoms with Crippen molar-refractivity contribution in [3.05, 3.63) is 17.0 Å². The maximum Gasteiger partial charge on any atom is 0.345 e. The Morgan fingerprint density at radius 2 is 2.25 bits per heavy atom. The molecule has 2 heterocycles. The molecule has 112 valence electrons. The Kier molecular flexibility index (Phi) is 4.17. The number of carbonyl (C=O) groups is 1. The molecule has 1 atom stereocenters. The molecule has 0 amide bonds. The fraction of sp³-hybridized carbons (Fsp3) is 0.545. The molecule has 0 aromatic carbocycles. The molecule has 0 radical (unpaired) electrons. The minimum absolute atomic E-state index is 0.0213. The molecule has 0 bridgehead atoms. The number of rotatable bonds is 5. The number of aromatic carboxylic acids is 1. The molecule has 2 N–H and O–H groups in total. The van der Waals surface area contributed by atoms with E-state index < -0.39 is 21.8 Å². The van der Waals surface area contributed by atoms with Crippen LogP contribution in [-0.2, 0) is 19.5 Å². The topological polar surface area (TPSA) is 102 Å². The molecule has 0 saturated carbocycles. The van der Waals surface area contributed by atoms with Gasteiger partial charge in [0, 0.05) is 6.54 Å². The number of hydrogen-bond donors (Lipinski definition) is 2. The number of carboxylic acids is 1. The number of thiophene rings is 1. The summed E-state index contributed by atoms with van der Waals surface area (Å²) in [7, 11) is -3.73. The summed E-state index contributed by atoms with van der Waals surface area (Å²) in [6, 6.07) is 2.53. The van der Waals surface area contributed by atoms with Crippen LogP contribution in [0.4, 0.5) is 0 Å². The third-order valence-corrected chi connectivity index (χ3v) is 5.61. The first kappa shape index (κ1) is 15.4. The number of nitrogens with one attached hydrogen (secondary N) is 1. The van der Waals surface area contributed by atoms with Crippen molar-refractivity contribution in [1.82, 2.24) is 4.72 Å². The molecule has 1 aromatic heterocycles. The van der Waals surface area contributed by atoms with Crippen LogP contribution >= 0.6 is 11.3 Å². The summed E-state index contributed by atoms with van der Waals surface area (Å²) in [5.74, 6) is -1.86. The molecule has 1 aliphatic rings. The normalized spacial score (nSPS) is 22.0. The molecule has 0 spiro atoms. The maximum atomic E-state index is 12.0. The highest BCUT2D eigenvalue weighted by Crippen LogP contribution is 2.24. The average Bonchev–Trinajstić information content (AvgIpc) is 2.93. The van der Waals surface area contributed by atoms with Gasteiger partial charge < -0.3 is 14.6 Å². The Hall–Kier alpha value is -1.00. The molecule has 2 rings (SSSR count). The SMILES string of the molecule is CC1(C)OCC(CNS(=O)(=O)c2ccc(C(=O)O)s2)O1. The monoisotopic (exact) mass is 321 g/mol. The van der Waals surface area contributed by atoms with E-state index in [4.69, 9.17) is 14.6 Å². The van der Waals surface area contributed by atoms with E-state index in [0.717, 1.165) is 0 Å². The van der Waals surface area contributed by atoms with E-state index in [2.05, 4.69) is 4.72 Å². The first-order valence-electron chi connectivity index (χ1n) is 5.84. The Labute approximate surface area is 120 Å². The smallest absolute Gasteiger partial charge is 0.345 e. The second kappa shape index (κ2) is 5.41. The van der Waals surface area contributed by atoms with Crippen LogP contribution in [0.3, 0.4) is 0 Å². The van der Waals surface area contributed by atoms with Crippen LogP contribution in [0.15, 0.2) is 16.3 Å². The number of carboxylic acid groups (broad SMARTS) is 1. The second-order valence-corrected chi connectivity index (χ2v) is 7.80. The van der Waals surface area contributed by atoms with Crippen LogP contribution < -0.4 is 4.72 Å². The fourth-order valence-electron chi connectivity index (χ4n) is 1.72. The summed E-state index contributed by atoms with van der Waals surface area (Å²) in [5, 5.41) is 8.78. The molecule has 1 aliphatic heterocycles. The van der Waals surface area contributed by atoms with Gasteiger partial charge in [-0.3, -0.25) is 0 Å². The van der Waals surface area contributed by atoms with E-state index in [9.17, 15) is 13.2 Å². The van der Waals surface area contributed by atoms with Crippen molar-refractivity contribution in [3.63, 3.8) is 0 Å². The maximum absolute atomic E-state index is 12.0. The Balaban J connectivity index is 1.99. The van der Waals surface area contributed by atoms with E-state index in [0.29, 0.717) is 17.9 Å². The highest BCUT2D eigenvalue weighted by molar-refractivity contribution is 7.91. The number of ether oxygens (including phenoxy) is 2. The van der Waals surface area contributed by atoms with Gasteiger partial charge in [-0.25, -0.2) is 17.9 Å². The zero-order valence-electron chi connectivity index (χ0n) is 11.0. The van der Waals surface area contributed by atoms with Crippen LogP contribution in [0, 0.1) is 0 Å². The van der Waals surface area contributed by atoms with Gasteiger partial charge in [0.2, 0.25) is 10.0 Å². The molecule has 9 heteroatoms. The zero-order valence-corrected chi connectivity index (χ0v) is 12.6. The summed E-state index contributed by atoms with van der Waals surface area (Å²) >= 11 is 0.708. The van der Waals surface area contributed by atoms with Crippen molar-refractivity contribution in [3.8, 4) is 0 Å². The summed E-state index contributed by atoms with van der Waals surface area (Å²) < 4.78 is 37.2. The van der Waals surface area contributed by atoms with Crippen LogP contribution in [0.2, 0.25) is 0 Å². The summed E-state index contributed by atoms with van der Waals surface area (Å²) in [6.45, 7) is 3.88. The van der Waals surface area contributed by atoms with Crippen LogP contribution in [0.5, 0.6) is 0 Å². The van der Waals surface area contributed by atoms with Crippen molar-refractivity contribution < 1.29 is 27.8 Å². The predicted molar refractivity (Wildman–Crippen MR) is 71.4 cm³/mol. The van der Waals surface area contributed by atoms with Gasteiger partial charge in [-0.15, -0.1) is 11.3 Å². The molecule has 7 nitrogen and oxygen atoms in total. The predicted octanol–water partition coefficient (Wildman–Crippen LogP) is 0.876. The standard InChI is InChI=1S/C11H15NO6S2/c1-11(2)17-6-7(18-11)5-12-20(15,16)9-4-3-8(19-9)10(13)14/h3-4,7,12H,5-6H2,1-2H3,(H,13,14). The third-order valence-electron chi connectivity index (χ3n) is 2.63. The molecule has 0 aliphatic carbocycles. The molecule has 1 unspecified atom stereocenters. The fourth-order valence-corrected chi connectivity index (χ4v) is 3.97. The van der Waals surface area contributed by atoms with Crippen LogP contribution in [0.25, 0.3) is 0 Å². The number of hydrogen-bond acceptors (Lipinski definition) is 6. The van der Waals surface area contributed by atoms with Crippen LogP contribution in [0.1, 0.15) is 23.5 Å². The lowest BCUT2D eigenvalue weighted by Gasteiger charge is -2.17.